The molecular formula is C16H11F2N5O3. The van der Waals surface area contributed by atoms with Crippen LogP contribution < -0.4 is 5.32 Å². The summed E-state index contributed by atoms with van der Waals surface area (Å²) in [6.07, 6.45) is 1.40. The largest absolute Gasteiger partial charge is 0.452 e. The van der Waals surface area contributed by atoms with Crippen molar-refractivity contribution < 1.29 is 23.1 Å². The lowest BCUT2D eigenvalue weighted by atomic mass is 10.2. The second-order valence-corrected chi connectivity index (χ2v) is 5.05. The highest BCUT2D eigenvalue weighted by Gasteiger charge is 2.12. The van der Waals surface area contributed by atoms with Gasteiger partial charge in [-0.1, -0.05) is 0 Å². The molecule has 0 aliphatic carbocycles. The number of carbonyl (C=O) groups excluding carboxylic acids is 2. The summed E-state index contributed by atoms with van der Waals surface area (Å²) in [5.41, 5.74) is 0.917. The second-order valence-electron chi connectivity index (χ2n) is 5.05. The number of esters is 1. The topological polar surface area (TPSA) is 99.0 Å². The van der Waals surface area contributed by atoms with E-state index < -0.39 is 30.1 Å². The summed E-state index contributed by atoms with van der Waals surface area (Å²) in [5, 5.41) is 13.0. The van der Waals surface area contributed by atoms with Gasteiger partial charge in [-0.3, -0.25) is 4.79 Å². The maximum atomic E-state index is 13.1. The van der Waals surface area contributed by atoms with Crippen molar-refractivity contribution in [1.82, 2.24) is 20.2 Å². The molecule has 26 heavy (non-hydrogen) atoms. The van der Waals surface area contributed by atoms with E-state index in [1.165, 1.54) is 29.2 Å². The van der Waals surface area contributed by atoms with Crippen LogP contribution in [0.4, 0.5) is 14.5 Å². The zero-order valence-corrected chi connectivity index (χ0v) is 13.1. The molecule has 2 aromatic carbocycles. The molecule has 132 valence electrons. The van der Waals surface area contributed by atoms with E-state index in [0.717, 1.165) is 12.1 Å². The monoisotopic (exact) mass is 359 g/mol. The maximum absolute atomic E-state index is 13.1. The number of rotatable bonds is 5. The van der Waals surface area contributed by atoms with Gasteiger partial charge < -0.3 is 10.1 Å². The van der Waals surface area contributed by atoms with Crippen molar-refractivity contribution in [3.63, 3.8) is 0 Å². The highest BCUT2D eigenvalue weighted by molar-refractivity contribution is 5.95. The molecule has 3 rings (SSSR count). The van der Waals surface area contributed by atoms with Gasteiger partial charge >= 0.3 is 5.97 Å². The van der Waals surface area contributed by atoms with Crippen LogP contribution in [-0.4, -0.2) is 38.7 Å². The van der Waals surface area contributed by atoms with E-state index in [9.17, 15) is 18.4 Å². The minimum atomic E-state index is -1.09. The number of halogens is 2. The zero-order valence-electron chi connectivity index (χ0n) is 13.1. The predicted octanol–water partition coefficient (Wildman–Crippen LogP) is 1.74. The molecule has 0 aliphatic heterocycles. The third-order valence-electron chi connectivity index (χ3n) is 3.25. The van der Waals surface area contributed by atoms with Gasteiger partial charge in [0, 0.05) is 11.8 Å². The van der Waals surface area contributed by atoms with Crippen molar-refractivity contribution in [3.8, 4) is 5.69 Å². The Morgan fingerprint density at radius 1 is 1.08 bits per heavy atom. The van der Waals surface area contributed by atoms with Crippen LogP contribution in [0.15, 0.2) is 48.8 Å². The third-order valence-corrected chi connectivity index (χ3v) is 3.25. The van der Waals surface area contributed by atoms with Crippen molar-refractivity contribution in [2.75, 3.05) is 11.9 Å². The normalized spacial score (nSPS) is 10.4. The molecule has 0 fully saturated rings. The van der Waals surface area contributed by atoms with Gasteiger partial charge in [0.05, 0.1) is 11.3 Å². The van der Waals surface area contributed by atoms with E-state index in [4.69, 9.17) is 4.74 Å². The Kier molecular flexibility index (Phi) is 4.92. The fourth-order valence-electron chi connectivity index (χ4n) is 2.02. The van der Waals surface area contributed by atoms with E-state index in [2.05, 4.69) is 20.8 Å². The molecule has 1 amide bonds. The van der Waals surface area contributed by atoms with E-state index >= 15 is 0 Å². The van der Waals surface area contributed by atoms with Crippen LogP contribution >= 0.6 is 0 Å². The Bertz CT molecular complexity index is 930. The zero-order chi connectivity index (χ0) is 18.5. The molecule has 0 aliphatic rings. The lowest BCUT2D eigenvalue weighted by Gasteiger charge is -2.07. The summed E-state index contributed by atoms with van der Waals surface area (Å²) in [4.78, 5) is 23.7. The first-order chi connectivity index (χ1) is 12.5. The summed E-state index contributed by atoms with van der Waals surface area (Å²) >= 11 is 0. The number of anilines is 1. The van der Waals surface area contributed by atoms with Crippen molar-refractivity contribution in [3.05, 3.63) is 66.0 Å². The highest BCUT2D eigenvalue weighted by Crippen LogP contribution is 2.13. The van der Waals surface area contributed by atoms with Gasteiger partial charge in [0.15, 0.2) is 18.2 Å². The number of amides is 1. The smallest absolute Gasteiger partial charge is 0.338 e. The van der Waals surface area contributed by atoms with Crippen LogP contribution in [0.3, 0.4) is 0 Å². The number of nitrogens with one attached hydrogen (secondary N) is 1. The lowest BCUT2D eigenvalue weighted by Crippen LogP contribution is -2.21. The average Bonchev–Trinajstić information content (AvgIpc) is 3.18. The summed E-state index contributed by atoms with van der Waals surface area (Å²) in [6, 6.07) is 9.09. The number of nitrogens with zero attached hydrogens (tertiary/aromatic N) is 4. The first kappa shape index (κ1) is 17.1. The van der Waals surface area contributed by atoms with E-state index in [-0.39, 0.29) is 11.3 Å². The molecule has 0 saturated carbocycles. The molecule has 0 saturated heterocycles. The second kappa shape index (κ2) is 7.47. The Balaban J connectivity index is 1.54. The summed E-state index contributed by atoms with van der Waals surface area (Å²) in [6.45, 7) is -0.577. The van der Waals surface area contributed by atoms with E-state index in [1.54, 1.807) is 12.1 Å². The average molecular weight is 359 g/mol. The molecule has 8 nitrogen and oxygen atoms in total. The minimum Gasteiger partial charge on any atom is -0.452 e. The number of aromatic nitrogens is 4. The van der Waals surface area contributed by atoms with Crippen molar-refractivity contribution in [1.29, 1.82) is 0 Å². The number of benzene rings is 2. The van der Waals surface area contributed by atoms with Crippen molar-refractivity contribution in [2.45, 2.75) is 0 Å². The number of hydrogen-bond acceptors (Lipinski definition) is 6. The number of carbonyl (C=O) groups is 2. The summed E-state index contributed by atoms with van der Waals surface area (Å²) < 4.78 is 32.2. The van der Waals surface area contributed by atoms with Gasteiger partial charge in [-0.25, -0.2) is 18.3 Å². The van der Waals surface area contributed by atoms with E-state index in [1.807, 2.05) is 0 Å². The van der Waals surface area contributed by atoms with Crippen LogP contribution in [-0.2, 0) is 9.53 Å². The molecule has 0 unspecified atom stereocenters. The van der Waals surface area contributed by atoms with Gasteiger partial charge in [-0.05, 0) is 46.8 Å². The fraction of sp³-hybridized carbons (Fsp3) is 0.0625. The van der Waals surface area contributed by atoms with Gasteiger partial charge in [0.25, 0.3) is 5.91 Å². The first-order valence-electron chi connectivity index (χ1n) is 7.28. The summed E-state index contributed by atoms with van der Waals surface area (Å²) in [7, 11) is 0. The molecule has 10 heteroatoms. The molecule has 3 aromatic rings. The molecule has 0 atom stereocenters. The van der Waals surface area contributed by atoms with Crippen LogP contribution in [0.25, 0.3) is 5.69 Å². The standard InChI is InChI=1S/C16H11F2N5O3/c17-13-6-3-11(7-14(13)18)20-15(24)8-26-16(25)10-1-4-12(5-2-10)23-9-19-21-22-23/h1-7,9H,8H2,(H,20,24). The Morgan fingerprint density at radius 2 is 1.85 bits per heavy atom. The van der Waals surface area contributed by atoms with Gasteiger partial charge in [-0.2, -0.15) is 0 Å². The quantitative estimate of drug-likeness (QED) is 0.697. The Hall–Kier alpha value is -3.69. The minimum absolute atomic E-state index is 0.0516. The predicted molar refractivity (Wildman–Crippen MR) is 84.4 cm³/mol. The van der Waals surface area contributed by atoms with Crippen LogP contribution in [0, 0.1) is 11.6 Å². The molecule has 1 aromatic heterocycles. The number of tetrazole rings is 1. The van der Waals surface area contributed by atoms with Gasteiger partial charge in [0.2, 0.25) is 0 Å². The number of ether oxygens (including phenoxy) is 1. The third kappa shape index (κ3) is 4.04. The first-order valence-corrected chi connectivity index (χ1v) is 7.28. The number of hydrogen-bond donors (Lipinski definition) is 1. The molecule has 1 N–H and O–H groups in total. The Labute approximate surface area is 145 Å². The van der Waals surface area contributed by atoms with Crippen LogP contribution in [0.2, 0.25) is 0 Å². The highest BCUT2D eigenvalue weighted by atomic mass is 19.2. The molecule has 1 heterocycles. The van der Waals surface area contributed by atoms with Gasteiger partial charge in [0.1, 0.15) is 6.33 Å². The van der Waals surface area contributed by atoms with Crippen LogP contribution in [0.5, 0.6) is 0 Å². The van der Waals surface area contributed by atoms with Crippen molar-refractivity contribution in [2.24, 2.45) is 0 Å². The van der Waals surface area contributed by atoms with E-state index in [0.29, 0.717) is 5.69 Å². The van der Waals surface area contributed by atoms with Gasteiger partial charge in [-0.15, -0.1) is 5.10 Å². The lowest BCUT2D eigenvalue weighted by molar-refractivity contribution is -0.119. The molecule has 0 spiro atoms. The Morgan fingerprint density at radius 3 is 2.50 bits per heavy atom. The van der Waals surface area contributed by atoms with Crippen LogP contribution in [0.1, 0.15) is 10.4 Å². The molecule has 0 radical (unpaired) electrons. The fourth-order valence-corrected chi connectivity index (χ4v) is 2.02. The molecular weight excluding hydrogens is 348 g/mol. The summed E-state index contributed by atoms with van der Waals surface area (Å²) in [5.74, 6) is -3.52. The van der Waals surface area contributed by atoms with Crippen molar-refractivity contribution >= 4 is 17.6 Å². The SMILES string of the molecule is O=C(COC(=O)c1ccc(-n2cnnn2)cc1)Nc1ccc(F)c(F)c1. The molecule has 0 bridgehead atoms. The maximum Gasteiger partial charge on any atom is 0.338 e.